The van der Waals surface area contributed by atoms with Gasteiger partial charge in [-0.15, -0.1) is 0 Å². The van der Waals surface area contributed by atoms with E-state index in [2.05, 4.69) is 5.32 Å². The Bertz CT molecular complexity index is 503. The van der Waals surface area contributed by atoms with Crippen molar-refractivity contribution in [3.63, 3.8) is 0 Å². The molecule has 2 N–H and O–H groups in total. The largest absolute Gasteiger partial charge is 0.480 e. The van der Waals surface area contributed by atoms with Gasteiger partial charge in [0.1, 0.15) is 0 Å². The second kappa shape index (κ2) is 6.72. The summed E-state index contributed by atoms with van der Waals surface area (Å²) in [6, 6.07) is 7.53. The molecule has 0 aliphatic heterocycles. The van der Waals surface area contributed by atoms with E-state index >= 15 is 0 Å². The molecule has 2 rings (SSSR count). The van der Waals surface area contributed by atoms with Crippen molar-refractivity contribution in [3.05, 3.63) is 34.9 Å². The zero-order valence-electron chi connectivity index (χ0n) is 11.0. The number of rotatable bonds is 7. The molecule has 20 heavy (non-hydrogen) atoms. The summed E-state index contributed by atoms with van der Waals surface area (Å²) in [7, 11) is 0. The maximum atomic E-state index is 11.9. The third-order valence-corrected chi connectivity index (χ3v) is 3.55. The molecule has 1 aliphatic rings. The van der Waals surface area contributed by atoms with E-state index in [0.29, 0.717) is 11.6 Å². The van der Waals surface area contributed by atoms with Crippen LogP contribution in [-0.4, -0.2) is 41.0 Å². The van der Waals surface area contributed by atoms with Crippen molar-refractivity contribution in [1.82, 2.24) is 10.2 Å². The molecular weight excluding hydrogens is 280 g/mol. The van der Waals surface area contributed by atoms with Gasteiger partial charge in [0, 0.05) is 17.6 Å². The van der Waals surface area contributed by atoms with Gasteiger partial charge in [0.2, 0.25) is 5.91 Å². The Morgan fingerprint density at radius 2 is 2.00 bits per heavy atom. The smallest absolute Gasteiger partial charge is 0.317 e. The van der Waals surface area contributed by atoms with Crippen LogP contribution in [0.5, 0.6) is 0 Å². The molecule has 0 aromatic heterocycles. The number of carbonyl (C=O) groups excluding carboxylic acids is 1. The average molecular weight is 297 g/mol. The normalized spacial score (nSPS) is 14.3. The fourth-order valence-electron chi connectivity index (χ4n) is 2.00. The molecule has 0 radical (unpaired) electrons. The summed E-state index contributed by atoms with van der Waals surface area (Å²) >= 11 is 6.00. The number of hydrogen-bond acceptors (Lipinski definition) is 3. The molecule has 0 atom stereocenters. The molecule has 0 saturated heterocycles. The van der Waals surface area contributed by atoms with Gasteiger partial charge in [-0.3, -0.25) is 14.5 Å². The van der Waals surface area contributed by atoms with Gasteiger partial charge >= 0.3 is 5.97 Å². The van der Waals surface area contributed by atoms with Crippen molar-refractivity contribution in [1.29, 1.82) is 0 Å². The summed E-state index contributed by atoms with van der Waals surface area (Å²) in [4.78, 5) is 24.3. The number of amides is 1. The Hall–Kier alpha value is -1.59. The van der Waals surface area contributed by atoms with Crippen molar-refractivity contribution in [3.8, 4) is 0 Å². The molecule has 1 aromatic carbocycles. The Labute approximate surface area is 122 Å². The number of benzene rings is 1. The van der Waals surface area contributed by atoms with Crippen LogP contribution in [0.2, 0.25) is 5.02 Å². The summed E-state index contributed by atoms with van der Waals surface area (Å²) in [6.45, 7) is 0.371. The molecule has 0 spiro atoms. The van der Waals surface area contributed by atoms with Crippen LogP contribution in [0, 0.1) is 0 Å². The molecule has 6 heteroatoms. The van der Waals surface area contributed by atoms with Crippen molar-refractivity contribution in [2.45, 2.75) is 25.4 Å². The minimum absolute atomic E-state index is 0.0931. The van der Waals surface area contributed by atoms with Gasteiger partial charge in [-0.25, -0.2) is 0 Å². The first-order valence-electron chi connectivity index (χ1n) is 6.52. The van der Waals surface area contributed by atoms with Crippen molar-refractivity contribution in [2.24, 2.45) is 0 Å². The first-order chi connectivity index (χ1) is 9.56. The molecule has 1 amide bonds. The Morgan fingerprint density at radius 1 is 1.30 bits per heavy atom. The quantitative estimate of drug-likeness (QED) is 0.800. The highest BCUT2D eigenvalue weighted by atomic mass is 35.5. The zero-order valence-corrected chi connectivity index (χ0v) is 11.8. The van der Waals surface area contributed by atoms with Gasteiger partial charge in [0.25, 0.3) is 0 Å². The van der Waals surface area contributed by atoms with Gasteiger partial charge in [-0.2, -0.15) is 0 Å². The van der Waals surface area contributed by atoms with E-state index in [1.165, 1.54) is 0 Å². The number of carbonyl (C=O) groups is 2. The second-order valence-electron chi connectivity index (χ2n) is 4.90. The summed E-state index contributed by atoms with van der Waals surface area (Å²) in [5, 5.41) is 12.2. The van der Waals surface area contributed by atoms with Crippen LogP contribution in [-0.2, 0) is 16.1 Å². The first kappa shape index (κ1) is 14.8. The minimum Gasteiger partial charge on any atom is -0.480 e. The number of nitrogens with zero attached hydrogens (tertiary/aromatic N) is 1. The number of carboxylic acid groups (broad SMARTS) is 1. The summed E-state index contributed by atoms with van der Waals surface area (Å²) in [5.41, 5.74) is 0.846. The molecule has 1 aliphatic carbocycles. The lowest BCUT2D eigenvalue weighted by Crippen LogP contribution is -2.40. The number of hydrogen-bond donors (Lipinski definition) is 2. The predicted octanol–water partition coefficient (Wildman–Crippen LogP) is 1.51. The van der Waals surface area contributed by atoms with Gasteiger partial charge in [-0.1, -0.05) is 29.8 Å². The average Bonchev–Trinajstić information content (AvgIpc) is 3.21. The summed E-state index contributed by atoms with van der Waals surface area (Å²) < 4.78 is 0. The van der Waals surface area contributed by atoms with Gasteiger partial charge in [-0.05, 0) is 24.5 Å². The Morgan fingerprint density at radius 3 is 2.60 bits per heavy atom. The SMILES string of the molecule is O=C(O)CN(CC(=O)NCc1ccccc1Cl)C1CC1. The van der Waals surface area contributed by atoms with Crippen molar-refractivity contribution >= 4 is 23.5 Å². The van der Waals surface area contributed by atoms with E-state index < -0.39 is 5.97 Å². The number of carboxylic acids is 1. The van der Waals surface area contributed by atoms with Crippen LogP contribution in [0.4, 0.5) is 0 Å². The van der Waals surface area contributed by atoms with E-state index in [1.54, 1.807) is 11.0 Å². The maximum Gasteiger partial charge on any atom is 0.317 e. The molecule has 0 heterocycles. The fraction of sp³-hybridized carbons (Fsp3) is 0.429. The molecule has 0 bridgehead atoms. The van der Waals surface area contributed by atoms with Crippen LogP contribution in [0.3, 0.4) is 0 Å². The molecule has 0 unspecified atom stereocenters. The van der Waals surface area contributed by atoms with Crippen LogP contribution >= 0.6 is 11.6 Å². The lowest BCUT2D eigenvalue weighted by Gasteiger charge is -2.19. The third-order valence-electron chi connectivity index (χ3n) is 3.18. The van der Waals surface area contributed by atoms with E-state index in [0.717, 1.165) is 18.4 Å². The second-order valence-corrected chi connectivity index (χ2v) is 5.31. The third kappa shape index (κ3) is 4.51. The van der Waals surface area contributed by atoms with E-state index in [4.69, 9.17) is 16.7 Å². The lowest BCUT2D eigenvalue weighted by molar-refractivity contribution is -0.138. The van der Waals surface area contributed by atoms with E-state index in [-0.39, 0.29) is 25.0 Å². The molecule has 1 saturated carbocycles. The van der Waals surface area contributed by atoms with Crippen molar-refractivity contribution in [2.75, 3.05) is 13.1 Å². The highest BCUT2D eigenvalue weighted by molar-refractivity contribution is 6.31. The predicted molar refractivity (Wildman–Crippen MR) is 75.5 cm³/mol. The fourth-order valence-corrected chi connectivity index (χ4v) is 2.21. The zero-order chi connectivity index (χ0) is 14.5. The van der Waals surface area contributed by atoms with Crippen LogP contribution in [0.1, 0.15) is 18.4 Å². The number of halogens is 1. The maximum absolute atomic E-state index is 11.9. The molecule has 5 nitrogen and oxygen atoms in total. The minimum atomic E-state index is -0.907. The van der Waals surface area contributed by atoms with Crippen LogP contribution in [0.25, 0.3) is 0 Å². The number of nitrogens with one attached hydrogen (secondary N) is 1. The molecule has 108 valence electrons. The summed E-state index contributed by atoms with van der Waals surface area (Å²) in [6.07, 6.45) is 1.93. The van der Waals surface area contributed by atoms with Crippen molar-refractivity contribution < 1.29 is 14.7 Å². The first-order valence-corrected chi connectivity index (χ1v) is 6.90. The Balaban J connectivity index is 1.82. The van der Waals surface area contributed by atoms with Crippen LogP contribution in [0.15, 0.2) is 24.3 Å². The molecule has 1 fully saturated rings. The highest BCUT2D eigenvalue weighted by Gasteiger charge is 2.31. The van der Waals surface area contributed by atoms with E-state index in [1.807, 2.05) is 18.2 Å². The van der Waals surface area contributed by atoms with Gasteiger partial charge < -0.3 is 10.4 Å². The molecule has 1 aromatic rings. The Kier molecular flexibility index (Phi) is 4.98. The van der Waals surface area contributed by atoms with Crippen LogP contribution < -0.4 is 5.32 Å². The standard InChI is InChI=1S/C14H17ClN2O3/c15-12-4-2-1-3-10(12)7-16-13(18)8-17(9-14(19)20)11-5-6-11/h1-4,11H,5-9H2,(H,16,18)(H,19,20). The summed E-state index contributed by atoms with van der Waals surface area (Å²) in [5.74, 6) is -1.09. The molecular formula is C14H17ClN2O3. The van der Waals surface area contributed by atoms with E-state index in [9.17, 15) is 9.59 Å². The lowest BCUT2D eigenvalue weighted by atomic mass is 10.2. The number of aliphatic carboxylic acids is 1. The monoisotopic (exact) mass is 296 g/mol. The van der Waals surface area contributed by atoms with Gasteiger partial charge in [0.05, 0.1) is 13.1 Å². The topological polar surface area (TPSA) is 69.6 Å². The van der Waals surface area contributed by atoms with Gasteiger partial charge in [0.15, 0.2) is 0 Å². The highest BCUT2D eigenvalue weighted by Crippen LogP contribution is 2.26.